The number of pyridine rings is 1. The van der Waals surface area contributed by atoms with Gasteiger partial charge in [0.1, 0.15) is 24.1 Å². The number of unbranched alkanes of at least 4 members (excludes halogenated alkanes) is 1. The largest absolute Gasteiger partial charge is 0.487 e. The molecule has 1 aromatic heterocycles. The zero-order valence-electron chi connectivity index (χ0n) is 41.5. The highest BCUT2D eigenvalue weighted by Crippen LogP contribution is 2.42. The lowest BCUT2D eigenvalue weighted by Gasteiger charge is -2.44. The number of hydrogen-bond donors (Lipinski definition) is 3. The van der Waals surface area contributed by atoms with E-state index < -0.39 is 37.7 Å². The van der Waals surface area contributed by atoms with E-state index in [-0.39, 0.29) is 53.6 Å². The van der Waals surface area contributed by atoms with Crippen LogP contribution in [0.3, 0.4) is 0 Å². The number of H-pyrrole nitrogens is 1. The van der Waals surface area contributed by atoms with Gasteiger partial charge in [-0.1, -0.05) is 99.6 Å². The van der Waals surface area contributed by atoms with Crippen LogP contribution in [0.25, 0.3) is 10.9 Å². The highest BCUT2D eigenvalue weighted by molar-refractivity contribution is 6.74. The molecule has 0 saturated carbocycles. The van der Waals surface area contributed by atoms with Crippen LogP contribution in [0.1, 0.15) is 102 Å². The van der Waals surface area contributed by atoms with Crippen LogP contribution in [0.5, 0.6) is 5.75 Å². The molecule has 3 atom stereocenters. The number of rotatable bonds is 18. The molecule has 3 aliphatic heterocycles. The number of nitrogens with zero attached hydrogens (tertiary/aromatic N) is 2. The van der Waals surface area contributed by atoms with Gasteiger partial charge in [-0.05, 0) is 125 Å². The fraction of sp³-hybridized carbons (Fsp3) is 0.455. The van der Waals surface area contributed by atoms with Gasteiger partial charge in [0.05, 0.1) is 18.2 Å². The second-order valence-electron chi connectivity index (χ2n) is 21.1. The zero-order chi connectivity index (χ0) is 49.6. The van der Waals surface area contributed by atoms with E-state index in [0.29, 0.717) is 48.5 Å². The first-order chi connectivity index (χ1) is 32.7. The number of esters is 1. The summed E-state index contributed by atoms with van der Waals surface area (Å²) in [4.78, 5) is 61.5. The van der Waals surface area contributed by atoms with Crippen molar-refractivity contribution >= 4 is 42.9 Å². The molecule has 3 aliphatic rings. The molecule has 3 N–H and O–H groups in total. The van der Waals surface area contributed by atoms with E-state index in [0.717, 1.165) is 42.4 Å². The van der Waals surface area contributed by atoms with Crippen LogP contribution in [0.2, 0.25) is 18.1 Å². The van der Waals surface area contributed by atoms with E-state index in [1.54, 1.807) is 59.5 Å². The van der Waals surface area contributed by atoms with Crippen molar-refractivity contribution in [1.29, 1.82) is 0 Å². The molecule has 0 radical (unpaired) electrons. The molecule has 2 amide bonds. The average molecular weight is 959 g/mol. The highest BCUT2D eigenvalue weighted by atomic mass is 28.4. The van der Waals surface area contributed by atoms with E-state index >= 15 is 0 Å². The molecule has 69 heavy (non-hydrogen) atoms. The normalized spacial score (nSPS) is 18.5. The van der Waals surface area contributed by atoms with E-state index in [2.05, 4.69) is 49.1 Å². The number of nitrogens with one attached hydrogen (secondary N) is 2. The third kappa shape index (κ3) is 12.7. The first-order valence-electron chi connectivity index (χ1n) is 24.3. The van der Waals surface area contributed by atoms with Crippen molar-refractivity contribution in [2.75, 3.05) is 38.0 Å². The molecule has 0 aliphatic carbocycles. The van der Waals surface area contributed by atoms with Gasteiger partial charge in [-0.25, -0.2) is 9.59 Å². The van der Waals surface area contributed by atoms with Crippen molar-refractivity contribution in [3.63, 3.8) is 0 Å². The summed E-state index contributed by atoms with van der Waals surface area (Å²) in [6, 6.07) is 32.3. The Morgan fingerprint density at radius 2 is 1.54 bits per heavy atom. The Kier molecular flexibility index (Phi) is 15.9. The number of fused-ring (bicyclic) bond motifs is 4. The predicted octanol–water partition coefficient (Wildman–Crippen LogP) is 10.1. The first kappa shape index (κ1) is 51.1. The van der Waals surface area contributed by atoms with Crippen LogP contribution in [-0.4, -0.2) is 90.6 Å². The molecular formula is C55H70N4O9Si. The van der Waals surface area contributed by atoms with Crippen molar-refractivity contribution in [1.82, 2.24) is 14.8 Å². The lowest BCUT2D eigenvalue weighted by Crippen LogP contribution is -2.53. The quantitative estimate of drug-likeness (QED) is 0.0438. The van der Waals surface area contributed by atoms with Crippen molar-refractivity contribution in [2.45, 2.75) is 122 Å². The predicted molar refractivity (Wildman–Crippen MR) is 272 cm³/mol. The van der Waals surface area contributed by atoms with Crippen molar-refractivity contribution < 1.29 is 38.1 Å². The minimum atomic E-state index is -2.49. The van der Waals surface area contributed by atoms with Gasteiger partial charge in [0, 0.05) is 42.2 Å². The standard InChI is InChI=1S/C55H70N4O9Si/c1-53(2,3)67-52(63)59(36-47(68-69(7,8)54(4,5)6)43-25-27-45(50-44(43)26-28-49(61)57-50)65-37-38-18-11-9-12-19-38)31-16-15-24-48(60)56-42-23-17-22-41(34-42)55(64,40-20-13-10-14-21-40)51(62)66-46-35-58-32-29-39(46)30-33-58/h9-14,17-23,25-28,34,39,46-47,64H,15-16,24,29-33,35-37H2,1-8H3,(H,56,60)(H,57,61). The lowest BCUT2D eigenvalue weighted by molar-refractivity contribution is -0.177. The summed E-state index contributed by atoms with van der Waals surface area (Å²) in [7, 11) is -2.49. The number of ether oxygens (including phenoxy) is 3. The molecule has 8 rings (SSSR count). The van der Waals surface area contributed by atoms with Crippen LogP contribution >= 0.6 is 0 Å². The first-order valence-corrected chi connectivity index (χ1v) is 27.2. The fourth-order valence-electron chi connectivity index (χ4n) is 8.88. The molecule has 4 heterocycles. The number of hydrogen-bond acceptors (Lipinski definition) is 10. The van der Waals surface area contributed by atoms with Crippen LogP contribution in [0.15, 0.2) is 114 Å². The number of anilines is 1. The smallest absolute Gasteiger partial charge is 0.410 e. The Labute approximate surface area is 407 Å². The highest BCUT2D eigenvalue weighted by Gasteiger charge is 2.46. The number of carbonyl (C=O) groups excluding carboxylic acids is 3. The maximum Gasteiger partial charge on any atom is 0.410 e. The number of carbonyl (C=O) groups is 3. The van der Waals surface area contributed by atoms with Gasteiger partial charge < -0.3 is 38.9 Å². The van der Waals surface area contributed by atoms with E-state index in [9.17, 15) is 24.3 Å². The second-order valence-corrected chi connectivity index (χ2v) is 25.8. The lowest BCUT2D eigenvalue weighted by atomic mass is 9.84. The Morgan fingerprint density at radius 1 is 0.855 bits per heavy atom. The molecule has 3 unspecified atom stereocenters. The van der Waals surface area contributed by atoms with Crippen molar-refractivity contribution in [3.05, 3.63) is 142 Å². The van der Waals surface area contributed by atoms with E-state index in [1.165, 1.54) is 6.07 Å². The number of aromatic nitrogens is 1. The topological polar surface area (TPSA) is 160 Å². The van der Waals surface area contributed by atoms with Crippen LogP contribution < -0.4 is 15.6 Å². The molecule has 0 spiro atoms. The van der Waals surface area contributed by atoms with E-state index in [1.807, 2.05) is 69.3 Å². The minimum absolute atomic E-state index is 0.142. The summed E-state index contributed by atoms with van der Waals surface area (Å²) < 4.78 is 25.5. The summed E-state index contributed by atoms with van der Waals surface area (Å²) in [6.45, 7) is 19.6. The Morgan fingerprint density at radius 3 is 2.19 bits per heavy atom. The van der Waals surface area contributed by atoms with Crippen LogP contribution in [0, 0.1) is 5.92 Å². The van der Waals surface area contributed by atoms with Crippen LogP contribution in [-0.2, 0) is 35.7 Å². The van der Waals surface area contributed by atoms with E-state index in [4.69, 9.17) is 18.6 Å². The number of aromatic amines is 1. The van der Waals surface area contributed by atoms with Gasteiger partial charge >= 0.3 is 12.1 Å². The minimum Gasteiger partial charge on any atom is -0.487 e. The molecule has 14 heteroatoms. The van der Waals surface area contributed by atoms with Crippen molar-refractivity contribution in [2.24, 2.45) is 5.92 Å². The van der Waals surface area contributed by atoms with Gasteiger partial charge in [-0.3, -0.25) is 14.5 Å². The average Bonchev–Trinajstić information content (AvgIpc) is 3.31. The molecular weight excluding hydrogens is 889 g/mol. The molecule has 3 saturated heterocycles. The summed E-state index contributed by atoms with van der Waals surface area (Å²) in [5.74, 6) is -0.224. The van der Waals surface area contributed by atoms with Crippen LogP contribution in [0.4, 0.5) is 10.5 Å². The third-order valence-corrected chi connectivity index (χ3v) is 18.2. The number of amides is 2. The number of benzene rings is 4. The monoisotopic (exact) mass is 958 g/mol. The van der Waals surface area contributed by atoms with Gasteiger partial charge in [-0.15, -0.1) is 0 Å². The van der Waals surface area contributed by atoms with Gasteiger partial charge in [0.15, 0.2) is 8.32 Å². The third-order valence-electron chi connectivity index (χ3n) is 13.7. The Hall–Kier alpha value is -5.80. The SMILES string of the molecule is CC(C)(C)OC(=O)N(CCCCC(=O)Nc1cccc(C(O)(C(=O)OC2CN3CCC2CC3)c2ccccc2)c1)CC(O[Si](C)(C)C(C)(C)C)c1ccc(OCc2ccccc2)c2[nH]c(=O)ccc12. The molecule has 4 aromatic carbocycles. The summed E-state index contributed by atoms with van der Waals surface area (Å²) in [5.41, 5.74) is 0.243. The molecule has 2 bridgehead atoms. The number of aliphatic hydroxyl groups is 1. The van der Waals surface area contributed by atoms with Crippen molar-refractivity contribution in [3.8, 4) is 5.75 Å². The summed E-state index contributed by atoms with van der Waals surface area (Å²) >= 11 is 0. The second kappa shape index (κ2) is 21.5. The maximum absolute atomic E-state index is 14.1. The summed E-state index contributed by atoms with van der Waals surface area (Å²) in [5, 5.41) is 15.9. The molecule has 368 valence electrons. The molecule has 3 fully saturated rings. The Bertz CT molecular complexity index is 2620. The number of piperidine rings is 3. The summed E-state index contributed by atoms with van der Waals surface area (Å²) in [6.07, 6.45) is 1.54. The molecule has 13 nitrogen and oxygen atoms in total. The van der Waals surface area contributed by atoms with Gasteiger partial charge in [0.25, 0.3) is 0 Å². The fourth-order valence-corrected chi connectivity index (χ4v) is 10.1. The van der Waals surface area contributed by atoms with Gasteiger partial charge in [0.2, 0.25) is 17.1 Å². The molecule has 5 aromatic rings. The maximum atomic E-state index is 14.1. The Balaban J connectivity index is 1.07. The van der Waals surface area contributed by atoms with Gasteiger partial charge in [-0.2, -0.15) is 0 Å². The zero-order valence-corrected chi connectivity index (χ0v) is 42.5.